The van der Waals surface area contributed by atoms with Crippen molar-refractivity contribution in [3.8, 4) is 0 Å². The molecule has 1 aliphatic carbocycles. The lowest BCUT2D eigenvalue weighted by Crippen LogP contribution is -2.40. The fraction of sp³-hybridized carbons (Fsp3) is 0.588. The highest BCUT2D eigenvalue weighted by molar-refractivity contribution is 6.05. The van der Waals surface area contributed by atoms with E-state index in [2.05, 4.69) is 5.32 Å². The van der Waals surface area contributed by atoms with Gasteiger partial charge in [-0.1, -0.05) is 12.1 Å². The van der Waals surface area contributed by atoms with Crippen LogP contribution in [0.4, 0.5) is 5.69 Å². The average Bonchev–Trinajstić information content (AvgIpc) is 2.64. The molecule has 1 heterocycles. The zero-order chi connectivity index (χ0) is 15.3. The minimum absolute atomic E-state index is 0.0106. The molecule has 2 N–H and O–H groups in total. The summed E-state index contributed by atoms with van der Waals surface area (Å²) in [7, 11) is 1.72. The maximum absolute atomic E-state index is 12.0. The summed E-state index contributed by atoms with van der Waals surface area (Å²) in [5, 5.41) is 13.4. The van der Waals surface area contributed by atoms with Crippen molar-refractivity contribution in [3.63, 3.8) is 0 Å². The van der Waals surface area contributed by atoms with Gasteiger partial charge in [-0.2, -0.15) is 0 Å². The zero-order valence-corrected chi connectivity index (χ0v) is 12.9. The predicted molar refractivity (Wildman–Crippen MR) is 81.3 cm³/mol. The second-order valence-electron chi connectivity index (χ2n) is 6.84. The van der Waals surface area contributed by atoms with Gasteiger partial charge in [-0.05, 0) is 50.3 Å². The third-order valence-electron chi connectivity index (χ3n) is 5.18. The number of anilines is 1. The Bertz CT molecular complexity index is 570. The van der Waals surface area contributed by atoms with Crippen LogP contribution < -0.4 is 5.32 Å². The van der Waals surface area contributed by atoms with Gasteiger partial charge in [-0.25, -0.2) is 0 Å². The van der Waals surface area contributed by atoms with E-state index < -0.39 is 11.5 Å². The van der Waals surface area contributed by atoms with E-state index in [1.54, 1.807) is 7.11 Å². The molecule has 21 heavy (non-hydrogen) atoms. The van der Waals surface area contributed by atoms with Gasteiger partial charge in [0.25, 0.3) is 0 Å². The van der Waals surface area contributed by atoms with Crippen molar-refractivity contribution < 1.29 is 14.6 Å². The van der Waals surface area contributed by atoms with Gasteiger partial charge in [0.05, 0.1) is 17.1 Å². The van der Waals surface area contributed by atoms with E-state index in [-0.39, 0.29) is 11.5 Å². The topological polar surface area (TPSA) is 58.6 Å². The highest BCUT2D eigenvalue weighted by atomic mass is 16.5. The molecule has 2 aliphatic rings. The van der Waals surface area contributed by atoms with Crippen molar-refractivity contribution in [2.75, 3.05) is 12.4 Å². The fourth-order valence-electron chi connectivity index (χ4n) is 3.33. The van der Waals surface area contributed by atoms with Gasteiger partial charge >= 0.3 is 0 Å². The lowest BCUT2D eigenvalue weighted by Gasteiger charge is -2.42. The first-order valence-electron chi connectivity index (χ1n) is 7.57. The van der Waals surface area contributed by atoms with Crippen molar-refractivity contribution in [3.05, 3.63) is 29.3 Å². The van der Waals surface area contributed by atoms with Crippen LogP contribution in [0.25, 0.3) is 0 Å². The van der Waals surface area contributed by atoms with Gasteiger partial charge in [0.1, 0.15) is 0 Å². The number of benzene rings is 1. The number of rotatable bonds is 4. The van der Waals surface area contributed by atoms with Gasteiger partial charge < -0.3 is 15.2 Å². The summed E-state index contributed by atoms with van der Waals surface area (Å²) in [6, 6.07) is 5.74. The smallest absolute Gasteiger partial charge is 0.234 e. The van der Waals surface area contributed by atoms with E-state index in [9.17, 15) is 9.90 Å². The molecule has 1 aliphatic heterocycles. The van der Waals surface area contributed by atoms with E-state index in [4.69, 9.17) is 4.74 Å². The van der Waals surface area contributed by atoms with Gasteiger partial charge in [0, 0.05) is 19.2 Å². The molecule has 1 unspecified atom stereocenters. The Kier molecular flexibility index (Phi) is 3.34. The second kappa shape index (κ2) is 4.82. The molecule has 1 aromatic rings. The highest BCUT2D eigenvalue weighted by Gasteiger charge is 2.41. The summed E-state index contributed by atoms with van der Waals surface area (Å²) in [6.07, 6.45) is 3.25. The number of ether oxygens (including phenoxy) is 1. The number of carbonyl (C=O) groups excluding carboxylic acids is 1. The number of nitrogens with one attached hydrogen (secondary N) is 1. The summed E-state index contributed by atoms with van der Waals surface area (Å²) in [6.45, 7) is 3.82. The molecule has 0 saturated heterocycles. The fourth-order valence-corrected chi connectivity index (χ4v) is 3.33. The average molecular weight is 289 g/mol. The first kappa shape index (κ1) is 14.5. The Morgan fingerprint density at radius 2 is 2.10 bits per heavy atom. The summed E-state index contributed by atoms with van der Waals surface area (Å²) in [4.78, 5) is 12.0. The minimum atomic E-state index is -0.554. The van der Waals surface area contributed by atoms with E-state index in [0.29, 0.717) is 6.42 Å². The normalized spacial score (nSPS) is 23.1. The first-order chi connectivity index (χ1) is 9.88. The van der Waals surface area contributed by atoms with Gasteiger partial charge in [-0.3, -0.25) is 4.79 Å². The molecule has 4 nitrogen and oxygen atoms in total. The third kappa shape index (κ3) is 2.27. The summed E-state index contributed by atoms with van der Waals surface area (Å²) in [5.41, 5.74) is 1.97. The lowest BCUT2D eigenvalue weighted by atomic mass is 9.75. The molecule has 1 amide bonds. The predicted octanol–water partition coefficient (Wildman–Crippen LogP) is 2.91. The molecular weight excluding hydrogens is 266 g/mol. The Labute approximate surface area is 125 Å². The SMILES string of the molecule is COC1(CC(O)c2ccc3c(c2)C(C)(C)C(=O)N3)CCC1. The maximum atomic E-state index is 12.0. The molecule has 0 spiro atoms. The monoisotopic (exact) mass is 289 g/mol. The molecule has 0 bridgehead atoms. The summed E-state index contributed by atoms with van der Waals surface area (Å²) in [5.74, 6) is 0.0106. The third-order valence-corrected chi connectivity index (χ3v) is 5.18. The number of amides is 1. The van der Waals surface area contributed by atoms with Crippen LogP contribution in [-0.2, 0) is 14.9 Å². The van der Waals surface area contributed by atoms with Crippen molar-refractivity contribution in [2.45, 2.75) is 56.7 Å². The molecule has 3 rings (SSSR count). The molecule has 1 aromatic carbocycles. The minimum Gasteiger partial charge on any atom is -0.388 e. The van der Waals surface area contributed by atoms with Crippen LogP contribution in [0.5, 0.6) is 0 Å². The Balaban J connectivity index is 1.84. The molecule has 0 radical (unpaired) electrons. The maximum Gasteiger partial charge on any atom is 0.234 e. The number of aliphatic hydroxyl groups excluding tert-OH is 1. The van der Waals surface area contributed by atoms with Crippen LogP contribution in [0.15, 0.2) is 18.2 Å². The lowest BCUT2D eigenvalue weighted by molar-refractivity contribution is -0.119. The largest absolute Gasteiger partial charge is 0.388 e. The van der Waals surface area contributed by atoms with Crippen LogP contribution >= 0.6 is 0 Å². The van der Waals surface area contributed by atoms with Crippen LogP contribution in [0.3, 0.4) is 0 Å². The number of hydrogen-bond acceptors (Lipinski definition) is 3. The van der Waals surface area contributed by atoms with Gasteiger partial charge in [0.2, 0.25) is 5.91 Å². The molecule has 1 atom stereocenters. The number of aliphatic hydroxyl groups is 1. The second-order valence-corrected chi connectivity index (χ2v) is 6.84. The van der Waals surface area contributed by atoms with Crippen LogP contribution in [0.2, 0.25) is 0 Å². The standard InChI is InChI=1S/C17H23NO3/c1-16(2)12-9-11(5-6-13(12)18-15(16)20)14(19)10-17(21-3)7-4-8-17/h5-6,9,14,19H,4,7-8,10H2,1-3H3,(H,18,20). The van der Waals surface area contributed by atoms with E-state index in [0.717, 1.165) is 36.1 Å². The molecule has 0 aromatic heterocycles. The van der Waals surface area contributed by atoms with Crippen molar-refractivity contribution in [1.82, 2.24) is 0 Å². The zero-order valence-electron chi connectivity index (χ0n) is 12.9. The van der Waals surface area contributed by atoms with Crippen LogP contribution in [0, 0.1) is 0 Å². The van der Waals surface area contributed by atoms with Crippen LogP contribution in [-0.4, -0.2) is 23.7 Å². The molecule has 1 saturated carbocycles. The number of carbonyl (C=O) groups is 1. The van der Waals surface area contributed by atoms with Gasteiger partial charge in [-0.15, -0.1) is 0 Å². The Morgan fingerprint density at radius 1 is 1.38 bits per heavy atom. The first-order valence-corrected chi connectivity index (χ1v) is 7.57. The highest BCUT2D eigenvalue weighted by Crippen LogP contribution is 2.43. The van der Waals surface area contributed by atoms with Crippen molar-refractivity contribution in [1.29, 1.82) is 0 Å². The Hall–Kier alpha value is -1.39. The Morgan fingerprint density at radius 3 is 2.67 bits per heavy atom. The van der Waals surface area contributed by atoms with Gasteiger partial charge in [0.15, 0.2) is 0 Å². The van der Waals surface area contributed by atoms with Crippen molar-refractivity contribution in [2.24, 2.45) is 0 Å². The van der Waals surface area contributed by atoms with E-state index >= 15 is 0 Å². The van der Waals surface area contributed by atoms with E-state index in [1.807, 2.05) is 32.0 Å². The molecule has 1 fully saturated rings. The number of methoxy groups -OCH3 is 1. The number of fused-ring (bicyclic) bond motifs is 1. The molecule has 114 valence electrons. The van der Waals surface area contributed by atoms with Crippen molar-refractivity contribution >= 4 is 11.6 Å². The summed E-state index contributed by atoms with van der Waals surface area (Å²) >= 11 is 0. The quantitative estimate of drug-likeness (QED) is 0.896. The van der Waals surface area contributed by atoms with E-state index in [1.165, 1.54) is 0 Å². The summed E-state index contributed by atoms with van der Waals surface area (Å²) < 4.78 is 5.59. The van der Waals surface area contributed by atoms with Crippen LogP contribution in [0.1, 0.15) is 56.8 Å². The molecule has 4 heteroatoms. The number of hydrogen-bond donors (Lipinski definition) is 2. The molecular formula is C17H23NO3.